The van der Waals surface area contributed by atoms with Crippen LogP contribution in [-0.2, 0) is 12.8 Å². The van der Waals surface area contributed by atoms with Crippen LogP contribution < -0.4 is 0 Å². The quantitative estimate of drug-likeness (QED) is 0.915. The second-order valence-electron chi connectivity index (χ2n) is 4.96. The van der Waals surface area contributed by atoms with E-state index in [1.165, 1.54) is 29.7 Å². The van der Waals surface area contributed by atoms with Crippen molar-refractivity contribution in [1.82, 2.24) is 4.98 Å². The zero-order chi connectivity index (χ0) is 12.5. The summed E-state index contributed by atoms with van der Waals surface area (Å²) < 4.78 is 0. The summed E-state index contributed by atoms with van der Waals surface area (Å²) in [5.74, 6) is 0.117. The molecule has 2 heterocycles. The first kappa shape index (κ1) is 11.9. The van der Waals surface area contributed by atoms with Crippen LogP contribution in [0.5, 0.6) is 0 Å². The van der Waals surface area contributed by atoms with Gasteiger partial charge in [-0.15, -0.1) is 11.3 Å². The average Bonchev–Trinajstić information content (AvgIpc) is 2.99. The predicted molar refractivity (Wildman–Crippen MR) is 74.0 cm³/mol. The van der Waals surface area contributed by atoms with E-state index in [-0.39, 0.29) is 5.92 Å². The van der Waals surface area contributed by atoms with Crippen molar-refractivity contribution in [2.24, 2.45) is 0 Å². The summed E-state index contributed by atoms with van der Waals surface area (Å²) in [6.07, 6.45) is 6.82. The maximum Gasteiger partial charge on any atom is 0.0947 e. The third-order valence-corrected chi connectivity index (χ3v) is 5.07. The highest BCUT2D eigenvalue weighted by atomic mass is 32.1. The number of hydrogen-bond donors (Lipinski definition) is 1. The molecule has 0 saturated heterocycles. The normalized spacial score (nSPS) is 17.4. The number of aliphatic hydroxyl groups excluding tert-OH is 1. The van der Waals surface area contributed by atoms with E-state index >= 15 is 0 Å². The monoisotopic (exact) mass is 259 g/mol. The van der Waals surface area contributed by atoms with Crippen molar-refractivity contribution in [3.8, 4) is 0 Å². The van der Waals surface area contributed by atoms with Crippen molar-refractivity contribution in [2.45, 2.75) is 38.2 Å². The van der Waals surface area contributed by atoms with Gasteiger partial charge in [-0.05, 0) is 48.6 Å². The fourth-order valence-corrected chi connectivity index (χ4v) is 3.94. The van der Waals surface area contributed by atoms with Crippen LogP contribution in [0, 0.1) is 0 Å². The number of aromatic nitrogens is 1. The Morgan fingerprint density at radius 2 is 2.06 bits per heavy atom. The number of aliphatic hydroxyl groups is 1. The highest BCUT2D eigenvalue weighted by molar-refractivity contribution is 7.12. The molecule has 1 N–H and O–H groups in total. The topological polar surface area (TPSA) is 33.1 Å². The number of hydrogen-bond acceptors (Lipinski definition) is 3. The van der Waals surface area contributed by atoms with Crippen molar-refractivity contribution < 1.29 is 5.11 Å². The van der Waals surface area contributed by atoms with Crippen LogP contribution in [0.2, 0.25) is 0 Å². The van der Waals surface area contributed by atoms with Crippen LogP contribution in [0.25, 0.3) is 0 Å². The molecule has 3 rings (SSSR count). The minimum absolute atomic E-state index is 0.117. The van der Waals surface area contributed by atoms with E-state index in [0.717, 1.165) is 10.4 Å². The van der Waals surface area contributed by atoms with E-state index in [4.69, 9.17) is 0 Å². The molecule has 18 heavy (non-hydrogen) atoms. The second kappa shape index (κ2) is 4.82. The summed E-state index contributed by atoms with van der Waals surface area (Å²) in [5, 5.41) is 10.5. The Labute approximate surface area is 111 Å². The Balaban J connectivity index is 1.83. The number of nitrogens with zero attached hydrogens (tertiary/aromatic N) is 1. The van der Waals surface area contributed by atoms with Crippen molar-refractivity contribution >= 4 is 11.3 Å². The molecule has 2 aromatic heterocycles. The van der Waals surface area contributed by atoms with Crippen molar-refractivity contribution in [3.05, 3.63) is 51.5 Å². The fraction of sp³-hybridized carbons (Fsp3) is 0.400. The first-order valence-electron chi connectivity index (χ1n) is 6.45. The molecule has 3 heteroatoms. The van der Waals surface area contributed by atoms with Gasteiger partial charge in [0.05, 0.1) is 6.10 Å². The van der Waals surface area contributed by atoms with Gasteiger partial charge < -0.3 is 5.11 Å². The lowest BCUT2D eigenvalue weighted by atomic mass is 9.95. The summed E-state index contributed by atoms with van der Waals surface area (Å²) in [6, 6.07) is 6.17. The molecule has 1 aliphatic carbocycles. The Bertz CT molecular complexity index is 513. The molecular formula is C15H17NOS. The minimum Gasteiger partial charge on any atom is -0.387 e. The van der Waals surface area contributed by atoms with Gasteiger partial charge in [-0.25, -0.2) is 0 Å². The summed E-state index contributed by atoms with van der Waals surface area (Å²) >= 11 is 1.79. The van der Waals surface area contributed by atoms with Gasteiger partial charge in [0, 0.05) is 28.1 Å². The van der Waals surface area contributed by atoms with E-state index < -0.39 is 6.10 Å². The van der Waals surface area contributed by atoms with Gasteiger partial charge in [-0.3, -0.25) is 4.98 Å². The molecule has 2 atom stereocenters. The zero-order valence-electron chi connectivity index (χ0n) is 10.5. The fourth-order valence-electron chi connectivity index (χ4n) is 2.59. The molecule has 2 unspecified atom stereocenters. The molecule has 0 bridgehead atoms. The van der Waals surface area contributed by atoms with Crippen LogP contribution >= 0.6 is 11.3 Å². The summed E-state index contributed by atoms with van der Waals surface area (Å²) in [4.78, 5) is 6.61. The van der Waals surface area contributed by atoms with Crippen molar-refractivity contribution in [2.75, 3.05) is 0 Å². The van der Waals surface area contributed by atoms with E-state index in [2.05, 4.69) is 18.0 Å². The first-order valence-corrected chi connectivity index (χ1v) is 7.27. The molecule has 0 amide bonds. The lowest BCUT2D eigenvalue weighted by Gasteiger charge is -2.17. The molecule has 0 aliphatic heterocycles. The third-order valence-electron chi connectivity index (χ3n) is 3.76. The highest BCUT2D eigenvalue weighted by Gasteiger charge is 2.23. The Morgan fingerprint density at radius 1 is 1.28 bits per heavy atom. The van der Waals surface area contributed by atoms with Gasteiger partial charge in [0.1, 0.15) is 0 Å². The molecule has 0 fully saturated rings. The van der Waals surface area contributed by atoms with E-state index in [1.807, 2.05) is 12.1 Å². The number of thiophene rings is 1. The molecule has 2 nitrogen and oxygen atoms in total. The smallest absolute Gasteiger partial charge is 0.0947 e. The Hall–Kier alpha value is -1.19. The van der Waals surface area contributed by atoms with Crippen LogP contribution in [-0.4, -0.2) is 10.1 Å². The van der Waals surface area contributed by atoms with E-state index in [9.17, 15) is 5.11 Å². The lowest BCUT2D eigenvalue weighted by Crippen LogP contribution is -2.06. The molecular weight excluding hydrogens is 242 g/mol. The summed E-state index contributed by atoms with van der Waals surface area (Å²) in [6.45, 7) is 2.07. The van der Waals surface area contributed by atoms with Gasteiger partial charge in [-0.2, -0.15) is 0 Å². The standard InChI is InChI=1S/C15H17NOS/c1-10(11-5-7-16-8-6-11)15(17)14-9-12-3-2-4-13(12)18-14/h5-10,15,17H,2-4H2,1H3. The van der Waals surface area contributed by atoms with Crippen molar-refractivity contribution in [1.29, 1.82) is 0 Å². The van der Waals surface area contributed by atoms with Crippen LogP contribution in [0.1, 0.15) is 46.2 Å². The Morgan fingerprint density at radius 3 is 2.78 bits per heavy atom. The molecule has 1 aliphatic rings. The maximum atomic E-state index is 10.5. The van der Waals surface area contributed by atoms with Gasteiger partial charge in [0.2, 0.25) is 0 Å². The highest BCUT2D eigenvalue weighted by Crippen LogP contribution is 2.38. The number of pyridine rings is 1. The van der Waals surface area contributed by atoms with Crippen LogP contribution in [0.4, 0.5) is 0 Å². The van der Waals surface area contributed by atoms with E-state index in [0.29, 0.717) is 0 Å². The number of fused-ring (bicyclic) bond motifs is 1. The number of rotatable bonds is 3. The van der Waals surface area contributed by atoms with Gasteiger partial charge in [-0.1, -0.05) is 6.92 Å². The largest absolute Gasteiger partial charge is 0.387 e. The predicted octanol–water partition coefficient (Wildman–Crippen LogP) is 3.47. The van der Waals surface area contributed by atoms with E-state index in [1.54, 1.807) is 23.7 Å². The first-order chi connectivity index (χ1) is 8.75. The van der Waals surface area contributed by atoms with Crippen LogP contribution in [0.3, 0.4) is 0 Å². The summed E-state index contributed by atoms with van der Waals surface area (Å²) in [7, 11) is 0. The maximum absolute atomic E-state index is 10.5. The van der Waals surface area contributed by atoms with Gasteiger partial charge >= 0.3 is 0 Å². The van der Waals surface area contributed by atoms with Crippen LogP contribution in [0.15, 0.2) is 30.6 Å². The number of aryl methyl sites for hydroxylation is 2. The molecule has 0 aromatic carbocycles. The minimum atomic E-state index is -0.400. The van der Waals surface area contributed by atoms with Gasteiger partial charge in [0.15, 0.2) is 0 Å². The molecule has 0 spiro atoms. The zero-order valence-corrected chi connectivity index (χ0v) is 11.3. The third kappa shape index (κ3) is 2.08. The van der Waals surface area contributed by atoms with Crippen molar-refractivity contribution in [3.63, 3.8) is 0 Å². The molecule has 2 aromatic rings. The molecule has 0 radical (unpaired) electrons. The Kier molecular flexibility index (Phi) is 3.18. The summed E-state index contributed by atoms with van der Waals surface area (Å²) in [5.41, 5.74) is 2.60. The second-order valence-corrected chi connectivity index (χ2v) is 6.13. The average molecular weight is 259 g/mol. The lowest BCUT2D eigenvalue weighted by molar-refractivity contribution is 0.155. The van der Waals surface area contributed by atoms with Gasteiger partial charge in [0.25, 0.3) is 0 Å². The SMILES string of the molecule is CC(c1ccncc1)C(O)c1cc2c(s1)CCC2. The molecule has 94 valence electrons. The molecule has 0 saturated carbocycles.